The van der Waals surface area contributed by atoms with Gasteiger partial charge < -0.3 is 25.2 Å². The Labute approximate surface area is 190 Å². The summed E-state index contributed by atoms with van der Waals surface area (Å²) in [6, 6.07) is 12.4. The van der Waals surface area contributed by atoms with Crippen LogP contribution >= 0.6 is 0 Å². The van der Waals surface area contributed by atoms with Crippen molar-refractivity contribution < 1.29 is 23.8 Å². The van der Waals surface area contributed by atoms with Crippen molar-refractivity contribution >= 4 is 17.5 Å². The number of ether oxygens (including phenoxy) is 2. The highest BCUT2D eigenvalue weighted by molar-refractivity contribution is 5.89. The molecule has 1 aromatic heterocycles. The molecule has 9 heteroatoms. The molecule has 0 unspecified atom stereocenters. The van der Waals surface area contributed by atoms with Crippen molar-refractivity contribution in [3.8, 4) is 17.0 Å². The maximum Gasteiger partial charge on any atom is 0.338 e. The number of benzene rings is 2. The van der Waals surface area contributed by atoms with Gasteiger partial charge in [0.05, 0.1) is 30.2 Å². The predicted molar refractivity (Wildman–Crippen MR) is 121 cm³/mol. The van der Waals surface area contributed by atoms with Crippen LogP contribution in [0.5, 0.6) is 5.75 Å². The summed E-state index contributed by atoms with van der Waals surface area (Å²) in [4.78, 5) is 14.0. The lowest BCUT2D eigenvalue weighted by molar-refractivity contribution is 0.0215. The Kier molecular flexibility index (Phi) is 6.41. The fourth-order valence-corrected chi connectivity index (χ4v) is 3.81. The summed E-state index contributed by atoms with van der Waals surface area (Å²) < 4.78 is 24.8. The lowest BCUT2D eigenvalue weighted by Gasteiger charge is -2.40. The molecule has 1 aliphatic heterocycles. The summed E-state index contributed by atoms with van der Waals surface area (Å²) in [6.07, 6.45) is -0.268. The molecule has 0 saturated carbocycles. The molecule has 3 N–H and O–H groups in total. The van der Waals surface area contributed by atoms with Crippen molar-refractivity contribution in [2.75, 3.05) is 30.4 Å². The highest BCUT2D eigenvalue weighted by Gasteiger charge is 2.29. The normalized spacial score (nSPS) is 18.2. The van der Waals surface area contributed by atoms with E-state index in [1.165, 1.54) is 18.2 Å². The first-order valence-electron chi connectivity index (χ1n) is 10.6. The molecule has 0 radical (unpaired) electrons. The van der Waals surface area contributed by atoms with Crippen LogP contribution in [-0.4, -0.2) is 47.1 Å². The number of phenolic OH excluding ortho intramolecular Hbond substituents is 1. The number of hydrogen-bond acceptors (Lipinski definition) is 8. The lowest BCUT2D eigenvalue weighted by Crippen LogP contribution is -2.45. The zero-order valence-electron chi connectivity index (χ0n) is 18.4. The van der Waals surface area contributed by atoms with Crippen LogP contribution in [0.1, 0.15) is 35.9 Å². The third-order valence-corrected chi connectivity index (χ3v) is 5.57. The third kappa shape index (κ3) is 4.73. The standard InChI is InChI=1S/C24H25FN4O4/c1-3-32-24(31)16-6-4-15(5-7-16)22-12-29(14(2)13-33-22)20-11-19(27-28-23(20)26)18-10-17(25)8-9-21(18)30/h4-11,14,22,30H,3,12-13H2,1-2H3,(H2,26,28)/t14-,22+/m1/s1. The summed E-state index contributed by atoms with van der Waals surface area (Å²) in [7, 11) is 0. The quantitative estimate of drug-likeness (QED) is 0.564. The number of hydrogen-bond donors (Lipinski definition) is 2. The van der Waals surface area contributed by atoms with E-state index < -0.39 is 5.82 Å². The number of nitrogens with zero attached hydrogens (tertiary/aromatic N) is 3. The van der Waals surface area contributed by atoms with Gasteiger partial charge in [-0.3, -0.25) is 0 Å². The molecule has 33 heavy (non-hydrogen) atoms. The second-order valence-corrected chi connectivity index (χ2v) is 7.83. The zero-order valence-corrected chi connectivity index (χ0v) is 18.4. The number of carbonyl (C=O) groups excluding carboxylic acids is 1. The average molecular weight is 452 g/mol. The minimum atomic E-state index is -0.492. The van der Waals surface area contributed by atoms with E-state index in [1.54, 1.807) is 25.1 Å². The van der Waals surface area contributed by atoms with Crippen molar-refractivity contribution in [2.45, 2.75) is 26.0 Å². The molecular formula is C24H25FN4O4. The largest absolute Gasteiger partial charge is 0.507 e. The van der Waals surface area contributed by atoms with Gasteiger partial charge in [-0.25, -0.2) is 9.18 Å². The van der Waals surface area contributed by atoms with E-state index in [0.29, 0.717) is 36.7 Å². The van der Waals surface area contributed by atoms with Crippen LogP contribution in [0.15, 0.2) is 48.5 Å². The van der Waals surface area contributed by atoms with Gasteiger partial charge >= 0.3 is 5.97 Å². The maximum absolute atomic E-state index is 13.7. The molecule has 2 heterocycles. The smallest absolute Gasteiger partial charge is 0.338 e. The Balaban J connectivity index is 1.61. The Hall–Kier alpha value is -3.72. The molecule has 172 valence electrons. The molecule has 4 rings (SSSR count). The van der Waals surface area contributed by atoms with E-state index >= 15 is 0 Å². The second-order valence-electron chi connectivity index (χ2n) is 7.83. The van der Waals surface area contributed by atoms with Gasteiger partial charge in [0.15, 0.2) is 5.82 Å². The minimum absolute atomic E-state index is 0.0134. The van der Waals surface area contributed by atoms with Crippen molar-refractivity contribution in [3.05, 3.63) is 65.5 Å². The number of nitrogen functional groups attached to an aromatic ring is 1. The van der Waals surface area contributed by atoms with Gasteiger partial charge in [0.2, 0.25) is 0 Å². The average Bonchev–Trinajstić information content (AvgIpc) is 2.82. The van der Waals surface area contributed by atoms with E-state index in [2.05, 4.69) is 15.1 Å². The van der Waals surface area contributed by atoms with E-state index in [4.69, 9.17) is 15.2 Å². The van der Waals surface area contributed by atoms with Crippen molar-refractivity contribution in [2.24, 2.45) is 0 Å². The van der Waals surface area contributed by atoms with Gasteiger partial charge in [-0.15, -0.1) is 10.2 Å². The van der Waals surface area contributed by atoms with E-state index in [9.17, 15) is 14.3 Å². The molecule has 2 aromatic carbocycles. The number of anilines is 2. The summed E-state index contributed by atoms with van der Waals surface area (Å²) >= 11 is 0. The molecule has 3 aromatic rings. The van der Waals surface area contributed by atoms with Gasteiger partial charge in [0, 0.05) is 18.2 Å². The Morgan fingerprint density at radius 2 is 2.00 bits per heavy atom. The first kappa shape index (κ1) is 22.5. The fraction of sp³-hybridized carbons (Fsp3) is 0.292. The Morgan fingerprint density at radius 1 is 1.24 bits per heavy atom. The first-order chi connectivity index (χ1) is 15.9. The predicted octanol–water partition coefficient (Wildman–Crippen LogP) is 3.71. The molecule has 1 aliphatic rings. The molecule has 2 atom stereocenters. The summed E-state index contributed by atoms with van der Waals surface area (Å²) in [5, 5.41) is 18.3. The summed E-state index contributed by atoms with van der Waals surface area (Å²) in [5.41, 5.74) is 8.69. The third-order valence-electron chi connectivity index (χ3n) is 5.57. The van der Waals surface area contributed by atoms with Gasteiger partial charge in [0.1, 0.15) is 17.7 Å². The van der Waals surface area contributed by atoms with E-state index in [-0.39, 0.29) is 35.2 Å². The number of aromatic hydroxyl groups is 1. The molecule has 1 fully saturated rings. The van der Waals surface area contributed by atoms with Crippen LogP contribution in [0.25, 0.3) is 11.3 Å². The van der Waals surface area contributed by atoms with E-state index in [1.807, 2.05) is 19.1 Å². The Morgan fingerprint density at radius 3 is 2.73 bits per heavy atom. The number of carbonyl (C=O) groups is 1. The van der Waals surface area contributed by atoms with Crippen LogP contribution in [0, 0.1) is 5.82 Å². The highest BCUT2D eigenvalue weighted by Crippen LogP contribution is 2.35. The monoisotopic (exact) mass is 452 g/mol. The fourth-order valence-electron chi connectivity index (χ4n) is 3.81. The zero-order chi connectivity index (χ0) is 23.5. The Bertz CT molecular complexity index is 1160. The van der Waals surface area contributed by atoms with Crippen LogP contribution in [0.2, 0.25) is 0 Å². The molecule has 0 bridgehead atoms. The summed E-state index contributed by atoms with van der Waals surface area (Å²) in [5.74, 6) is -0.738. The summed E-state index contributed by atoms with van der Waals surface area (Å²) in [6.45, 7) is 4.99. The first-order valence-corrected chi connectivity index (χ1v) is 10.6. The number of esters is 1. The number of aromatic nitrogens is 2. The van der Waals surface area contributed by atoms with Crippen LogP contribution < -0.4 is 10.6 Å². The molecular weight excluding hydrogens is 427 g/mol. The van der Waals surface area contributed by atoms with Crippen molar-refractivity contribution in [3.63, 3.8) is 0 Å². The lowest BCUT2D eigenvalue weighted by atomic mass is 10.0. The van der Waals surface area contributed by atoms with Crippen molar-refractivity contribution in [1.29, 1.82) is 0 Å². The number of nitrogens with two attached hydrogens (primary N) is 1. The minimum Gasteiger partial charge on any atom is -0.507 e. The maximum atomic E-state index is 13.7. The molecule has 1 saturated heterocycles. The van der Waals surface area contributed by atoms with E-state index in [0.717, 1.165) is 5.56 Å². The van der Waals surface area contributed by atoms with Crippen LogP contribution in [-0.2, 0) is 9.47 Å². The van der Waals surface area contributed by atoms with Gasteiger partial charge in [-0.1, -0.05) is 12.1 Å². The van der Waals surface area contributed by atoms with Gasteiger partial charge in [-0.2, -0.15) is 0 Å². The topological polar surface area (TPSA) is 111 Å². The number of phenols is 1. The SMILES string of the molecule is CCOC(=O)c1ccc([C@@H]2CN(c3cc(-c4cc(F)ccc4O)nnc3N)[C@H](C)CO2)cc1. The highest BCUT2D eigenvalue weighted by atomic mass is 19.1. The second kappa shape index (κ2) is 9.41. The molecule has 0 spiro atoms. The number of rotatable bonds is 5. The van der Waals surface area contributed by atoms with Crippen LogP contribution in [0.3, 0.4) is 0 Å². The molecule has 0 aliphatic carbocycles. The number of halogens is 1. The van der Waals surface area contributed by atoms with Gasteiger partial charge in [0.25, 0.3) is 0 Å². The number of morpholine rings is 1. The molecule has 8 nitrogen and oxygen atoms in total. The van der Waals surface area contributed by atoms with Crippen LogP contribution in [0.4, 0.5) is 15.9 Å². The van der Waals surface area contributed by atoms with Crippen molar-refractivity contribution in [1.82, 2.24) is 10.2 Å². The van der Waals surface area contributed by atoms with Gasteiger partial charge in [-0.05, 0) is 55.8 Å². The molecule has 0 amide bonds.